The molecule has 0 atom stereocenters. The van der Waals surface area contributed by atoms with Crippen LogP contribution in [0.2, 0.25) is 0 Å². The van der Waals surface area contributed by atoms with E-state index in [1.54, 1.807) is 18.3 Å². The first-order chi connectivity index (χ1) is 6.75. The van der Waals surface area contributed by atoms with Crippen molar-refractivity contribution in [1.82, 2.24) is 4.98 Å². The molecule has 2 rings (SSSR count). The van der Waals surface area contributed by atoms with Crippen LogP contribution in [0.5, 0.6) is 0 Å². The Morgan fingerprint density at radius 2 is 2.50 bits per heavy atom. The molecule has 0 saturated carbocycles. The van der Waals surface area contributed by atoms with Crippen LogP contribution in [0.25, 0.3) is 10.2 Å². The molecule has 0 fully saturated rings. The molecule has 0 spiro atoms. The van der Waals surface area contributed by atoms with Crippen LogP contribution in [-0.2, 0) is 10.5 Å². The summed E-state index contributed by atoms with van der Waals surface area (Å²) in [5, 5.41) is 3.34. The average Bonchev–Trinajstić information content (AvgIpc) is 2.61. The maximum Gasteiger partial charge on any atom is 0.186 e. The topological polar surface area (TPSA) is 30.0 Å². The lowest BCUT2D eigenvalue weighted by atomic mass is 10.2. The van der Waals surface area contributed by atoms with Crippen LogP contribution in [0.4, 0.5) is 0 Å². The number of hydrogen-bond donors (Lipinski definition) is 0. The van der Waals surface area contributed by atoms with Gasteiger partial charge in [-0.25, -0.2) is 4.98 Å². The molecule has 0 saturated heterocycles. The Labute approximate surface area is 90.4 Å². The molecule has 0 aliphatic carbocycles. The van der Waals surface area contributed by atoms with Gasteiger partial charge in [0.15, 0.2) is 5.12 Å². The first kappa shape index (κ1) is 9.68. The molecule has 2 nitrogen and oxygen atoms in total. The fourth-order valence-corrected chi connectivity index (χ4v) is 2.42. The smallest absolute Gasteiger partial charge is 0.186 e. The van der Waals surface area contributed by atoms with E-state index in [2.05, 4.69) is 17.1 Å². The van der Waals surface area contributed by atoms with E-state index < -0.39 is 0 Å². The number of thiophene rings is 1. The van der Waals surface area contributed by atoms with Gasteiger partial charge < -0.3 is 0 Å². The number of carbonyl (C=O) groups is 1. The average molecular weight is 223 g/mol. The molecule has 2 aromatic heterocycles. The monoisotopic (exact) mass is 223 g/mol. The summed E-state index contributed by atoms with van der Waals surface area (Å²) in [6.07, 6.45) is 1.84. The summed E-state index contributed by atoms with van der Waals surface area (Å²) in [4.78, 5) is 16.1. The molecule has 4 heteroatoms. The Kier molecular flexibility index (Phi) is 2.84. The van der Waals surface area contributed by atoms with Crippen molar-refractivity contribution in [2.24, 2.45) is 0 Å². The van der Waals surface area contributed by atoms with E-state index in [1.165, 1.54) is 11.8 Å². The predicted molar refractivity (Wildman–Crippen MR) is 61.6 cm³/mol. The molecule has 0 aliphatic heterocycles. The van der Waals surface area contributed by atoms with E-state index in [-0.39, 0.29) is 5.12 Å². The molecule has 0 aliphatic rings. The summed E-state index contributed by atoms with van der Waals surface area (Å²) in [6, 6.07) is 4.14. The molecular formula is C10H9NOS2. The van der Waals surface area contributed by atoms with E-state index in [0.717, 1.165) is 15.8 Å². The minimum Gasteiger partial charge on any atom is -0.288 e. The van der Waals surface area contributed by atoms with Crippen molar-refractivity contribution in [1.29, 1.82) is 0 Å². The second kappa shape index (κ2) is 4.11. The van der Waals surface area contributed by atoms with Crippen molar-refractivity contribution < 1.29 is 4.79 Å². The molecule has 0 radical (unpaired) electrons. The highest BCUT2D eigenvalue weighted by Crippen LogP contribution is 2.21. The summed E-state index contributed by atoms with van der Waals surface area (Å²) in [7, 11) is 0. The maximum absolute atomic E-state index is 10.8. The largest absolute Gasteiger partial charge is 0.288 e. The van der Waals surface area contributed by atoms with Crippen LogP contribution in [0.15, 0.2) is 23.7 Å². The zero-order valence-electron chi connectivity index (χ0n) is 7.69. The maximum atomic E-state index is 10.8. The second-order valence-electron chi connectivity index (χ2n) is 2.94. The minimum atomic E-state index is 0.149. The number of pyridine rings is 1. The Morgan fingerprint density at radius 1 is 1.64 bits per heavy atom. The van der Waals surface area contributed by atoms with Gasteiger partial charge >= 0.3 is 0 Å². The highest BCUT2D eigenvalue weighted by molar-refractivity contribution is 8.12. The number of thioether (sulfide) groups is 1. The van der Waals surface area contributed by atoms with Crippen LogP contribution in [-0.4, -0.2) is 10.1 Å². The standard InChI is InChI=1S/C10H9NOS2/c1-7(12)14-6-8-4-9-2-3-13-10(9)11-5-8/h2-5H,6H2,1H3. The van der Waals surface area contributed by atoms with Crippen molar-refractivity contribution in [3.63, 3.8) is 0 Å². The fraction of sp³-hybridized carbons (Fsp3) is 0.200. The summed E-state index contributed by atoms with van der Waals surface area (Å²) >= 11 is 2.96. The molecule has 72 valence electrons. The number of carbonyl (C=O) groups excluding carboxylic acids is 1. The minimum absolute atomic E-state index is 0.149. The zero-order valence-corrected chi connectivity index (χ0v) is 9.32. The van der Waals surface area contributed by atoms with Gasteiger partial charge in [-0.1, -0.05) is 11.8 Å². The molecular weight excluding hydrogens is 214 g/mol. The molecule has 0 amide bonds. The number of hydrogen-bond acceptors (Lipinski definition) is 4. The van der Waals surface area contributed by atoms with Gasteiger partial charge in [0.05, 0.1) is 0 Å². The lowest BCUT2D eigenvalue weighted by molar-refractivity contribution is -0.109. The van der Waals surface area contributed by atoms with Crippen LogP contribution in [0, 0.1) is 0 Å². The van der Waals surface area contributed by atoms with Gasteiger partial charge in [-0.3, -0.25) is 4.79 Å². The van der Waals surface area contributed by atoms with E-state index >= 15 is 0 Å². The quantitative estimate of drug-likeness (QED) is 0.783. The zero-order chi connectivity index (χ0) is 9.97. The molecule has 0 N–H and O–H groups in total. The predicted octanol–water partition coefficient (Wildman–Crippen LogP) is 3.08. The van der Waals surface area contributed by atoms with Crippen molar-refractivity contribution in [3.05, 3.63) is 29.3 Å². The van der Waals surface area contributed by atoms with E-state index in [0.29, 0.717) is 5.75 Å². The summed E-state index contributed by atoms with van der Waals surface area (Å²) in [6.45, 7) is 1.58. The normalized spacial score (nSPS) is 10.6. The number of rotatable bonds is 2. The Morgan fingerprint density at radius 3 is 3.29 bits per heavy atom. The van der Waals surface area contributed by atoms with Crippen LogP contribution < -0.4 is 0 Å². The summed E-state index contributed by atoms with van der Waals surface area (Å²) in [5.74, 6) is 0.716. The summed E-state index contributed by atoms with van der Waals surface area (Å²) < 4.78 is 0. The van der Waals surface area contributed by atoms with Crippen molar-refractivity contribution in [2.75, 3.05) is 0 Å². The van der Waals surface area contributed by atoms with E-state index in [9.17, 15) is 4.79 Å². The molecule has 0 unspecified atom stereocenters. The van der Waals surface area contributed by atoms with Gasteiger partial charge in [0.2, 0.25) is 0 Å². The molecule has 14 heavy (non-hydrogen) atoms. The number of aromatic nitrogens is 1. The van der Waals surface area contributed by atoms with Crippen molar-refractivity contribution >= 4 is 38.4 Å². The van der Waals surface area contributed by atoms with Gasteiger partial charge in [0.1, 0.15) is 4.83 Å². The lowest BCUT2D eigenvalue weighted by Crippen LogP contribution is -1.86. The lowest BCUT2D eigenvalue weighted by Gasteiger charge is -1.97. The van der Waals surface area contributed by atoms with Gasteiger partial charge in [0, 0.05) is 24.3 Å². The highest BCUT2D eigenvalue weighted by atomic mass is 32.2. The van der Waals surface area contributed by atoms with Gasteiger partial charge in [-0.2, -0.15) is 0 Å². The molecule has 2 aromatic rings. The first-order valence-electron chi connectivity index (χ1n) is 4.21. The molecule has 0 aromatic carbocycles. The number of fused-ring (bicyclic) bond motifs is 1. The highest BCUT2D eigenvalue weighted by Gasteiger charge is 2.00. The van der Waals surface area contributed by atoms with Crippen LogP contribution in [0.1, 0.15) is 12.5 Å². The van der Waals surface area contributed by atoms with Crippen molar-refractivity contribution in [2.45, 2.75) is 12.7 Å². The molecule has 2 heterocycles. The van der Waals surface area contributed by atoms with Crippen LogP contribution in [0.3, 0.4) is 0 Å². The Hall–Kier alpha value is -0.870. The third-order valence-electron chi connectivity index (χ3n) is 1.80. The Balaban J connectivity index is 2.21. The Bertz CT molecular complexity index is 464. The van der Waals surface area contributed by atoms with E-state index in [1.807, 2.05) is 11.6 Å². The summed E-state index contributed by atoms with van der Waals surface area (Å²) in [5.41, 5.74) is 1.11. The van der Waals surface area contributed by atoms with Gasteiger partial charge in [-0.15, -0.1) is 11.3 Å². The SMILES string of the molecule is CC(=O)SCc1cnc2sccc2c1. The third kappa shape index (κ3) is 2.13. The third-order valence-corrected chi connectivity index (χ3v) is 3.53. The van der Waals surface area contributed by atoms with Gasteiger partial charge in [0.25, 0.3) is 0 Å². The first-order valence-corrected chi connectivity index (χ1v) is 6.08. The van der Waals surface area contributed by atoms with Gasteiger partial charge in [-0.05, 0) is 23.1 Å². The number of nitrogens with zero attached hydrogens (tertiary/aromatic N) is 1. The molecule has 0 bridgehead atoms. The fourth-order valence-electron chi connectivity index (χ4n) is 1.17. The second-order valence-corrected chi connectivity index (χ2v) is 4.99. The van der Waals surface area contributed by atoms with Crippen molar-refractivity contribution in [3.8, 4) is 0 Å². The van der Waals surface area contributed by atoms with Crippen LogP contribution >= 0.6 is 23.1 Å². The van der Waals surface area contributed by atoms with E-state index in [4.69, 9.17) is 0 Å².